The van der Waals surface area contributed by atoms with Crippen molar-refractivity contribution >= 4 is 27.3 Å². The van der Waals surface area contributed by atoms with Gasteiger partial charge in [0.05, 0.1) is 11.7 Å². The smallest absolute Gasteiger partial charge is 0.0940 e. The van der Waals surface area contributed by atoms with Crippen molar-refractivity contribution in [2.24, 2.45) is 5.41 Å². The molecule has 0 saturated heterocycles. The molecule has 1 saturated carbocycles. The maximum Gasteiger partial charge on any atom is 0.0940 e. The Morgan fingerprint density at radius 3 is 2.47 bits per heavy atom. The Kier molecular flexibility index (Phi) is 4.76. The number of ether oxygens (including phenoxy) is 1. The molecule has 1 aromatic heterocycles. The van der Waals surface area contributed by atoms with Crippen LogP contribution >= 0.6 is 27.3 Å². The first-order valence-corrected chi connectivity index (χ1v) is 8.51. The molecule has 0 spiro atoms. The van der Waals surface area contributed by atoms with E-state index in [1.807, 2.05) is 6.07 Å². The Bertz CT molecular complexity index is 418. The third kappa shape index (κ3) is 3.41. The molecule has 1 fully saturated rings. The molecule has 0 amide bonds. The Morgan fingerprint density at radius 1 is 1.37 bits per heavy atom. The van der Waals surface area contributed by atoms with Gasteiger partial charge in [-0.2, -0.15) is 0 Å². The molecule has 19 heavy (non-hydrogen) atoms. The van der Waals surface area contributed by atoms with E-state index in [1.54, 1.807) is 18.4 Å². The molecule has 1 N–H and O–H groups in total. The number of methoxy groups -OCH3 is 1. The van der Waals surface area contributed by atoms with Crippen molar-refractivity contribution < 1.29 is 9.84 Å². The fourth-order valence-electron chi connectivity index (χ4n) is 2.86. The molecule has 1 heterocycles. The summed E-state index contributed by atoms with van der Waals surface area (Å²) in [6.45, 7) is 4.60. The second-order valence-electron chi connectivity index (χ2n) is 6.34. The zero-order chi connectivity index (χ0) is 14.1. The van der Waals surface area contributed by atoms with Crippen LogP contribution in [0.5, 0.6) is 0 Å². The zero-order valence-electron chi connectivity index (χ0n) is 11.9. The van der Waals surface area contributed by atoms with Gasteiger partial charge in [-0.1, -0.05) is 13.8 Å². The highest BCUT2D eigenvalue weighted by molar-refractivity contribution is 9.10. The van der Waals surface area contributed by atoms with Gasteiger partial charge >= 0.3 is 0 Å². The van der Waals surface area contributed by atoms with Crippen molar-refractivity contribution in [2.75, 3.05) is 7.11 Å². The lowest BCUT2D eigenvalue weighted by Crippen LogP contribution is -2.49. The minimum absolute atomic E-state index is 0.362. The van der Waals surface area contributed by atoms with Crippen molar-refractivity contribution in [1.82, 2.24) is 0 Å². The van der Waals surface area contributed by atoms with Crippen molar-refractivity contribution in [2.45, 2.75) is 57.7 Å². The number of aliphatic hydroxyl groups is 1. The van der Waals surface area contributed by atoms with Crippen LogP contribution in [0.4, 0.5) is 0 Å². The third-order valence-electron chi connectivity index (χ3n) is 4.53. The van der Waals surface area contributed by atoms with E-state index in [4.69, 9.17) is 4.74 Å². The van der Waals surface area contributed by atoms with E-state index < -0.39 is 6.10 Å². The molecule has 2 rings (SSSR count). The number of hydrogen-bond donors (Lipinski definition) is 1. The molecule has 1 aliphatic carbocycles. The van der Waals surface area contributed by atoms with Gasteiger partial charge < -0.3 is 9.84 Å². The largest absolute Gasteiger partial charge is 0.390 e. The maximum absolute atomic E-state index is 10.7. The van der Waals surface area contributed by atoms with Crippen molar-refractivity contribution in [3.8, 4) is 0 Å². The summed E-state index contributed by atoms with van der Waals surface area (Å²) < 4.78 is 6.86. The van der Waals surface area contributed by atoms with Crippen molar-refractivity contribution in [1.29, 1.82) is 0 Å². The summed E-state index contributed by atoms with van der Waals surface area (Å²) in [5.74, 6) is 0. The van der Waals surface area contributed by atoms with Gasteiger partial charge in [0.25, 0.3) is 0 Å². The fraction of sp³-hybridized carbons (Fsp3) is 0.733. The molecule has 1 aromatic rings. The van der Waals surface area contributed by atoms with E-state index >= 15 is 0 Å². The van der Waals surface area contributed by atoms with E-state index in [-0.39, 0.29) is 5.60 Å². The first-order chi connectivity index (χ1) is 8.88. The van der Waals surface area contributed by atoms with Crippen LogP contribution in [0, 0.1) is 5.41 Å². The van der Waals surface area contributed by atoms with Gasteiger partial charge in [-0.15, -0.1) is 11.3 Å². The van der Waals surface area contributed by atoms with Crippen molar-refractivity contribution in [3.05, 3.63) is 20.8 Å². The van der Waals surface area contributed by atoms with Gasteiger partial charge in [0.2, 0.25) is 0 Å². The van der Waals surface area contributed by atoms with E-state index in [1.165, 1.54) is 4.88 Å². The van der Waals surface area contributed by atoms with Gasteiger partial charge in [0.1, 0.15) is 0 Å². The molecule has 0 radical (unpaired) electrons. The first kappa shape index (κ1) is 15.5. The lowest BCUT2D eigenvalue weighted by molar-refractivity contribution is -0.135. The van der Waals surface area contributed by atoms with Crippen molar-refractivity contribution in [3.63, 3.8) is 0 Å². The number of aliphatic hydroxyl groups excluding tert-OH is 1. The quantitative estimate of drug-likeness (QED) is 0.875. The highest BCUT2D eigenvalue weighted by Crippen LogP contribution is 2.44. The Balaban J connectivity index is 2.07. The molecule has 108 valence electrons. The number of rotatable bonds is 4. The number of halogens is 1. The van der Waals surface area contributed by atoms with Gasteiger partial charge in [-0.05, 0) is 58.5 Å². The van der Waals surface area contributed by atoms with Crippen LogP contribution in [0.15, 0.2) is 15.9 Å². The minimum Gasteiger partial charge on any atom is -0.390 e. The SMILES string of the molecule is COC1(C(O)Cc2sccc2Br)CCC(C)(C)CC1. The summed E-state index contributed by atoms with van der Waals surface area (Å²) in [5, 5.41) is 12.7. The fourth-order valence-corrected chi connectivity index (χ4v) is 4.41. The summed E-state index contributed by atoms with van der Waals surface area (Å²) in [4.78, 5) is 1.20. The molecule has 1 unspecified atom stereocenters. The minimum atomic E-state index is -0.427. The first-order valence-electron chi connectivity index (χ1n) is 6.84. The number of thiophene rings is 1. The Hall–Kier alpha value is 0.100. The molecule has 0 aliphatic heterocycles. The van der Waals surface area contributed by atoms with Gasteiger partial charge in [-0.25, -0.2) is 0 Å². The van der Waals surface area contributed by atoms with Gasteiger partial charge in [0, 0.05) is 22.9 Å². The molecule has 0 aromatic carbocycles. The van der Waals surface area contributed by atoms with E-state index in [2.05, 4.69) is 35.2 Å². The summed E-state index contributed by atoms with van der Waals surface area (Å²) in [6, 6.07) is 2.04. The monoisotopic (exact) mass is 346 g/mol. The topological polar surface area (TPSA) is 29.5 Å². The highest BCUT2D eigenvalue weighted by Gasteiger charge is 2.43. The summed E-state index contributed by atoms with van der Waals surface area (Å²) >= 11 is 5.22. The van der Waals surface area contributed by atoms with Crippen LogP contribution in [-0.4, -0.2) is 23.9 Å². The van der Waals surface area contributed by atoms with Crippen LogP contribution in [0.2, 0.25) is 0 Å². The van der Waals surface area contributed by atoms with Gasteiger partial charge in [0.15, 0.2) is 0 Å². The van der Waals surface area contributed by atoms with Gasteiger partial charge in [-0.3, -0.25) is 0 Å². The molecule has 1 aliphatic rings. The highest BCUT2D eigenvalue weighted by atomic mass is 79.9. The second-order valence-corrected chi connectivity index (χ2v) is 8.20. The maximum atomic E-state index is 10.7. The summed E-state index contributed by atoms with van der Waals surface area (Å²) in [7, 11) is 1.74. The molecule has 4 heteroatoms. The number of hydrogen-bond acceptors (Lipinski definition) is 3. The van der Waals surface area contributed by atoms with E-state index in [0.29, 0.717) is 11.8 Å². The molecular weight excluding hydrogens is 324 g/mol. The standard InChI is InChI=1S/C15H23BrO2S/c1-14(2)5-7-15(18-3,8-6-14)13(17)10-12-11(16)4-9-19-12/h4,9,13,17H,5-8,10H2,1-3H3. The van der Waals surface area contributed by atoms with Crippen LogP contribution in [0.1, 0.15) is 44.4 Å². The summed E-state index contributed by atoms with van der Waals surface area (Å²) in [5.41, 5.74) is 0.0181. The average Bonchev–Trinajstić information content (AvgIpc) is 2.76. The Labute approximate surface area is 128 Å². The normalized spacial score (nSPS) is 23.2. The predicted octanol–water partition coefficient (Wildman–Crippen LogP) is 4.40. The molecular formula is C15H23BrO2S. The summed E-state index contributed by atoms with van der Waals surface area (Å²) in [6.07, 6.45) is 4.37. The zero-order valence-corrected chi connectivity index (χ0v) is 14.3. The lowest BCUT2D eigenvalue weighted by Gasteiger charge is -2.45. The van der Waals surface area contributed by atoms with Crippen LogP contribution in [-0.2, 0) is 11.2 Å². The predicted molar refractivity (Wildman–Crippen MR) is 83.7 cm³/mol. The van der Waals surface area contributed by atoms with Crippen LogP contribution in [0.25, 0.3) is 0 Å². The van der Waals surface area contributed by atoms with Crippen LogP contribution < -0.4 is 0 Å². The third-order valence-corrected chi connectivity index (χ3v) is 6.48. The van der Waals surface area contributed by atoms with E-state index in [0.717, 1.165) is 30.2 Å². The average molecular weight is 347 g/mol. The second kappa shape index (κ2) is 5.84. The molecule has 0 bridgehead atoms. The molecule has 2 nitrogen and oxygen atoms in total. The van der Waals surface area contributed by atoms with E-state index in [9.17, 15) is 5.11 Å². The Morgan fingerprint density at radius 2 is 2.00 bits per heavy atom. The molecule has 1 atom stereocenters. The van der Waals surface area contributed by atoms with Crippen LogP contribution in [0.3, 0.4) is 0 Å². The lowest BCUT2D eigenvalue weighted by atomic mass is 9.68.